The molecule has 3 heteroatoms. The summed E-state index contributed by atoms with van der Waals surface area (Å²) in [5.74, 6) is 2.99. The molecule has 2 aromatic heterocycles. The lowest BCUT2D eigenvalue weighted by molar-refractivity contribution is -0.0399. The van der Waals surface area contributed by atoms with E-state index in [4.69, 9.17) is 16.0 Å². The molecule has 3 nitrogen and oxygen atoms in total. The van der Waals surface area contributed by atoms with E-state index >= 15 is 0 Å². The lowest BCUT2D eigenvalue weighted by atomic mass is 9.43. The smallest absolute Gasteiger partial charge is 0.190 e. The van der Waals surface area contributed by atoms with Crippen molar-refractivity contribution in [3.05, 3.63) is 191 Å². The Morgan fingerprint density at radius 3 is 1.83 bits per heavy atom. The van der Waals surface area contributed by atoms with Gasteiger partial charge in [-0.3, -0.25) is 0 Å². The van der Waals surface area contributed by atoms with E-state index in [0.717, 1.165) is 84.2 Å². The SMILES string of the molecule is [C-]#[N+]c1cc2c(c(C)c1C)-c1ccc(-c3cccc(-c4cc(-c5ccccc5)nc(-c5cccc(-c6ccc7oc8ccccc8c7c6)c5)c4)c3)cc1C21C2CC3CC(C2)CC1C3. The van der Waals surface area contributed by atoms with E-state index in [1.54, 1.807) is 0 Å². The molecule has 14 rings (SSSR count). The van der Waals surface area contributed by atoms with Crippen molar-refractivity contribution in [3.63, 3.8) is 0 Å². The van der Waals surface area contributed by atoms with E-state index in [-0.39, 0.29) is 5.41 Å². The topological polar surface area (TPSA) is 30.4 Å². The first-order valence-electron chi connectivity index (χ1n) is 22.8. The minimum atomic E-state index is -0.0131. The molecule has 0 atom stereocenters. The number of benzene rings is 7. The van der Waals surface area contributed by atoms with Gasteiger partial charge in [0, 0.05) is 27.3 Å². The lowest BCUT2D eigenvalue weighted by Crippen LogP contribution is -2.55. The normalized spacial score (nSPS) is 21.5. The molecule has 0 aliphatic heterocycles. The highest BCUT2D eigenvalue weighted by Gasteiger charge is 2.61. The zero-order chi connectivity index (χ0) is 42.0. The van der Waals surface area contributed by atoms with Gasteiger partial charge in [0.05, 0.1) is 18.0 Å². The highest BCUT2D eigenvalue weighted by atomic mass is 16.3. The Morgan fingerprint density at radius 1 is 0.492 bits per heavy atom. The van der Waals surface area contributed by atoms with E-state index in [0.29, 0.717) is 11.8 Å². The van der Waals surface area contributed by atoms with E-state index in [9.17, 15) is 0 Å². The van der Waals surface area contributed by atoms with Gasteiger partial charge in [0.25, 0.3) is 0 Å². The fourth-order valence-electron chi connectivity index (χ4n) is 13.2. The van der Waals surface area contributed by atoms with Crippen molar-refractivity contribution in [1.82, 2.24) is 4.98 Å². The number of para-hydroxylation sites is 1. The number of pyridine rings is 1. The first-order chi connectivity index (χ1) is 30.9. The lowest BCUT2D eigenvalue weighted by Gasteiger charge is -2.61. The van der Waals surface area contributed by atoms with Crippen LogP contribution in [0.25, 0.3) is 93.8 Å². The summed E-state index contributed by atoms with van der Waals surface area (Å²) in [7, 11) is 0. The van der Waals surface area contributed by atoms with Gasteiger partial charge in [0.15, 0.2) is 5.69 Å². The van der Waals surface area contributed by atoms with Gasteiger partial charge in [-0.25, -0.2) is 9.83 Å². The molecular weight excluding hydrogens is 765 g/mol. The van der Waals surface area contributed by atoms with E-state index in [2.05, 4.69) is 164 Å². The van der Waals surface area contributed by atoms with Crippen molar-refractivity contribution >= 4 is 27.6 Å². The summed E-state index contributed by atoms with van der Waals surface area (Å²) in [6, 6.07) is 57.4. The summed E-state index contributed by atoms with van der Waals surface area (Å²) in [6.45, 7) is 12.6. The number of hydrogen-bond donors (Lipinski definition) is 0. The average molecular weight is 811 g/mol. The number of fused-ring (bicyclic) bond motifs is 6. The summed E-state index contributed by atoms with van der Waals surface area (Å²) < 4.78 is 6.16. The Labute approximate surface area is 368 Å². The van der Waals surface area contributed by atoms with Crippen molar-refractivity contribution < 1.29 is 4.42 Å². The van der Waals surface area contributed by atoms with Crippen LogP contribution in [0.5, 0.6) is 0 Å². The van der Waals surface area contributed by atoms with Gasteiger partial charge in [0.1, 0.15) is 11.2 Å². The number of nitrogens with zero attached hydrogens (tertiary/aromatic N) is 2. The van der Waals surface area contributed by atoms with Crippen LogP contribution in [0.3, 0.4) is 0 Å². The molecule has 302 valence electrons. The second kappa shape index (κ2) is 13.7. The van der Waals surface area contributed by atoms with Crippen molar-refractivity contribution in [3.8, 4) is 67.0 Å². The van der Waals surface area contributed by atoms with Crippen LogP contribution in [0.1, 0.15) is 54.4 Å². The number of hydrogen-bond acceptors (Lipinski definition) is 2. The third-order valence-electron chi connectivity index (χ3n) is 15.9. The molecule has 9 aromatic rings. The molecule has 7 aromatic carbocycles. The van der Waals surface area contributed by atoms with Gasteiger partial charge in [-0.1, -0.05) is 115 Å². The molecule has 63 heavy (non-hydrogen) atoms. The second-order valence-corrected chi connectivity index (χ2v) is 19.1. The third-order valence-corrected chi connectivity index (χ3v) is 15.9. The van der Waals surface area contributed by atoms with Gasteiger partial charge >= 0.3 is 0 Å². The maximum atomic E-state index is 8.17. The zero-order valence-electron chi connectivity index (χ0n) is 35.7. The van der Waals surface area contributed by atoms with Crippen LogP contribution in [-0.4, -0.2) is 4.98 Å². The Bertz CT molecular complexity index is 3370. The molecule has 0 radical (unpaired) electrons. The minimum absolute atomic E-state index is 0.0131. The minimum Gasteiger partial charge on any atom is -0.456 e. The van der Waals surface area contributed by atoms with E-state index in [1.165, 1.54) is 76.6 Å². The Hall–Kier alpha value is -7.02. The number of aromatic nitrogens is 1. The molecule has 5 aliphatic rings. The van der Waals surface area contributed by atoms with Gasteiger partial charge in [0.2, 0.25) is 0 Å². The highest BCUT2D eigenvalue weighted by Crippen LogP contribution is 2.70. The van der Waals surface area contributed by atoms with Crippen LogP contribution < -0.4 is 0 Å². The third kappa shape index (κ3) is 5.47. The molecule has 4 saturated carbocycles. The summed E-state index contributed by atoms with van der Waals surface area (Å²) >= 11 is 0. The molecular formula is C60H46N2O. The molecule has 4 bridgehead atoms. The molecule has 4 fully saturated rings. The summed E-state index contributed by atoms with van der Waals surface area (Å²) in [4.78, 5) is 9.43. The van der Waals surface area contributed by atoms with Crippen LogP contribution in [-0.2, 0) is 5.41 Å². The molecule has 2 heterocycles. The predicted molar refractivity (Wildman–Crippen MR) is 258 cm³/mol. The van der Waals surface area contributed by atoms with Gasteiger partial charge < -0.3 is 4.42 Å². The average Bonchev–Trinajstić information content (AvgIpc) is 3.85. The van der Waals surface area contributed by atoms with Crippen LogP contribution in [0.4, 0.5) is 5.69 Å². The molecule has 0 saturated heterocycles. The Balaban J connectivity index is 0.925. The maximum Gasteiger partial charge on any atom is 0.190 e. The molecule has 0 unspecified atom stereocenters. The maximum absolute atomic E-state index is 8.17. The van der Waals surface area contributed by atoms with Gasteiger partial charge in [-0.2, -0.15) is 0 Å². The summed E-state index contributed by atoms with van der Waals surface area (Å²) in [6.07, 6.45) is 6.70. The molecule has 0 amide bonds. The predicted octanol–water partition coefficient (Wildman–Crippen LogP) is 16.2. The van der Waals surface area contributed by atoms with Gasteiger partial charge in [-0.15, -0.1) is 0 Å². The van der Waals surface area contributed by atoms with Crippen LogP contribution in [0, 0.1) is 44.1 Å². The Kier molecular flexibility index (Phi) is 7.99. The van der Waals surface area contributed by atoms with Crippen molar-refractivity contribution in [1.29, 1.82) is 0 Å². The van der Waals surface area contributed by atoms with E-state index in [1.807, 2.05) is 12.1 Å². The standard InChI is InChI=1S/C60H46N2O/c1-35-36(2)59-50-21-19-44(31-52(50)60(53(59)34-54(35)61-3)47-24-37-23-38(26-47)27-48(60)25-37)40-13-9-15-42(28-40)46-32-55(39-11-5-4-6-12-39)62-56(33-46)45-16-10-14-41(29-45)43-20-22-58-51(30-43)49-17-7-8-18-57(49)63-58/h4-22,28-34,37-38,47-48H,23-27H2,1-2H3. The van der Waals surface area contributed by atoms with Crippen molar-refractivity contribution in [2.24, 2.45) is 23.7 Å². The quantitative estimate of drug-likeness (QED) is 0.162. The largest absolute Gasteiger partial charge is 0.456 e. The summed E-state index contributed by atoms with van der Waals surface area (Å²) in [5, 5.41) is 2.26. The zero-order valence-corrected chi connectivity index (χ0v) is 35.7. The van der Waals surface area contributed by atoms with E-state index < -0.39 is 0 Å². The van der Waals surface area contributed by atoms with Crippen LogP contribution in [0.2, 0.25) is 0 Å². The molecule has 5 aliphatic carbocycles. The van der Waals surface area contributed by atoms with Crippen LogP contribution >= 0.6 is 0 Å². The second-order valence-electron chi connectivity index (χ2n) is 19.1. The van der Waals surface area contributed by atoms with Crippen molar-refractivity contribution in [2.75, 3.05) is 0 Å². The molecule has 1 spiro atoms. The molecule has 0 N–H and O–H groups in total. The first-order valence-corrected chi connectivity index (χ1v) is 22.8. The fourth-order valence-corrected chi connectivity index (χ4v) is 13.2. The number of furan rings is 1. The fraction of sp³-hybridized carbons (Fsp3) is 0.200. The van der Waals surface area contributed by atoms with Crippen molar-refractivity contribution in [2.45, 2.75) is 51.4 Å². The Morgan fingerprint density at radius 2 is 1.08 bits per heavy atom. The first kappa shape index (κ1) is 36.6. The number of rotatable bonds is 5. The van der Waals surface area contributed by atoms with Gasteiger partial charge in [-0.05, 0) is 179 Å². The highest BCUT2D eigenvalue weighted by molar-refractivity contribution is 6.06. The monoisotopic (exact) mass is 810 g/mol. The summed E-state index contributed by atoms with van der Waals surface area (Å²) in [5.41, 5.74) is 22.0. The van der Waals surface area contributed by atoms with Crippen LogP contribution in [0.15, 0.2) is 162 Å².